The Bertz CT molecular complexity index is 525. The second-order valence-electron chi connectivity index (χ2n) is 5.70. The molecule has 22 heavy (non-hydrogen) atoms. The molecule has 1 rings (SSSR count). The molecule has 0 aliphatic rings. The fraction of sp³-hybridized carbons (Fsp3) is 0.533. The van der Waals surface area contributed by atoms with E-state index in [4.69, 9.17) is 24.9 Å². The van der Waals surface area contributed by atoms with E-state index in [1.165, 1.54) is 14.2 Å². The molecule has 124 valence electrons. The number of nitrogens with one attached hydrogen (secondary N) is 1. The Balaban J connectivity index is 3.17. The highest BCUT2D eigenvalue weighted by molar-refractivity contribution is 5.87. The van der Waals surface area contributed by atoms with Gasteiger partial charge >= 0.3 is 6.09 Å². The third-order valence-electron chi connectivity index (χ3n) is 2.83. The minimum Gasteiger partial charge on any atom is -0.493 e. The molecule has 0 aromatic heterocycles. The first-order valence-corrected chi connectivity index (χ1v) is 6.83. The molecule has 0 heterocycles. The van der Waals surface area contributed by atoms with Crippen molar-refractivity contribution in [2.24, 2.45) is 5.90 Å². The van der Waals surface area contributed by atoms with Gasteiger partial charge in [-0.05, 0) is 33.8 Å². The van der Waals surface area contributed by atoms with Gasteiger partial charge in [-0.2, -0.15) is 0 Å². The molecule has 1 unspecified atom stereocenters. The molecule has 1 aromatic carbocycles. The minimum absolute atomic E-state index is 0.454. The summed E-state index contributed by atoms with van der Waals surface area (Å²) in [6, 6.07) is 3.33. The predicted octanol–water partition coefficient (Wildman–Crippen LogP) is 3.00. The van der Waals surface area contributed by atoms with Crippen LogP contribution in [0.4, 0.5) is 10.5 Å². The summed E-state index contributed by atoms with van der Waals surface area (Å²) in [5.41, 5.74) is 0.521. The quantitative estimate of drug-likeness (QED) is 0.812. The van der Waals surface area contributed by atoms with Gasteiger partial charge in [-0.1, -0.05) is 0 Å². The van der Waals surface area contributed by atoms with Crippen molar-refractivity contribution in [3.05, 3.63) is 17.7 Å². The Morgan fingerprint density at radius 3 is 2.18 bits per heavy atom. The van der Waals surface area contributed by atoms with E-state index in [9.17, 15) is 4.79 Å². The summed E-state index contributed by atoms with van der Waals surface area (Å²) in [7, 11) is 3.04. The number of nitrogens with two attached hydrogens (primary N) is 1. The number of benzene rings is 1. The molecule has 7 nitrogen and oxygen atoms in total. The number of amides is 1. The Morgan fingerprint density at radius 2 is 1.73 bits per heavy atom. The number of hydrogen-bond acceptors (Lipinski definition) is 6. The lowest BCUT2D eigenvalue weighted by Crippen LogP contribution is -2.27. The van der Waals surface area contributed by atoms with Crippen molar-refractivity contribution in [1.29, 1.82) is 0 Å². The van der Waals surface area contributed by atoms with Crippen LogP contribution in [0, 0.1) is 0 Å². The van der Waals surface area contributed by atoms with Crippen LogP contribution in [0.3, 0.4) is 0 Å². The van der Waals surface area contributed by atoms with Crippen LogP contribution in [-0.2, 0) is 9.57 Å². The molecule has 3 N–H and O–H groups in total. The second kappa shape index (κ2) is 7.33. The summed E-state index contributed by atoms with van der Waals surface area (Å²) in [5.74, 6) is 6.24. The maximum atomic E-state index is 12.0. The van der Waals surface area contributed by atoms with Crippen LogP contribution in [0.25, 0.3) is 0 Å². The van der Waals surface area contributed by atoms with E-state index < -0.39 is 17.8 Å². The summed E-state index contributed by atoms with van der Waals surface area (Å²) < 4.78 is 15.7. The van der Waals surface area contributed by atoms with Crippen LogP contribution in [0.2, 0.25) is 0 Å². The smallest absolute Gasteiger partial charge is 0.412 e. The summed E-state index contributed by atoms with van der Waals surface area (Å²) in [6.45, 7) is 7.11. The normalized spacial score (nSPS) is 12.5. The SMILES string of the molecule is COc1cc(NC(=O)OC(C)(C)C)c(C(C)ON)cc1OC. The summed E-state index contributed by atoms with van der Waals surface area (Å²) >= 11 is 0. The third-order valence-corrected chi connectivity index (χ3v) is 2.83. The van der Waals surface area contributed by atoms with Gasteiger partial charge in [0, 0.05) is 11.6 Å². The van der Waals surface area contributed by atoms with Crippen molar-refractivity contribution >= 4 is 11.8 Å². The van der Waals surface area contributed by atoms with Crippen LogP contribution < -0.4 is 20.7 Å². The van der Waals surface area contributed by atoms with Gasteiger partial charge in [0.1, 0.15) is 11.7 Å². The van der Waals surface area contributed by atoms with Gasteiger partial charge in [0.25, 0.3) is 0 Å². The van der Waals surface area contributed by atoms with E-state index in [0.717, 1.165) is 0 Å². The highest BCUT2D eigenvalue weighted by atomic mass is 16.6. The molecular formula is C15H24N2O5. The zero-order valence-corrected chi connectivity index (χ0v) is 13.9. The first kappa shape index (κ1) is 18.1. The fourth-order valence-electron chi connectivity index (χ4n) is 1.83. The van der Waals surface area contributed by atoms with Gasteiger partial charge in [0.05, 0.1) is 19.9 Å². The van der Waals surface area contributed by atoms with Gasteiger partial charge in [-0.3, -0.25) is 10.2 Å². The number of methoxy groups -OCH3 is 2. The molecule has 0 saturated heterocycles. The monoisotopic (exact) mass is 312 g/mol. The zero-order chi connectivity index (χ0) is 16.9. The van der Waals surface area contributed by atoms with Gasteiger partial charge in [-0.25, -0.2) is 10.7 Å². The Labute approximate surface area is 130 Å². The van der Waals surface area contributed by atoms with Crippen molar-refractivity contribution in [3.8, 4) is 11.5 Å². The minimum atomic E-state index is -0.600. The largest absolute Gasteiger partial charge is 0.493 e. The van der Waals surface area contributed by atoms with Gasteiger partial charge < -0.3 is 14.2 Å². The number of anilines is 1. The van der Waals surface area contributed by atoms with Crippen molar-refractivity contribution in [1.82, 2.24) is 0 Å². The lowest BCUT2D eigenvalue weighted by atomic mass is 10.1. The van der Waals surface area contributed by atoms with Crippen molar-refractivity contribution < 1.29 is 23.8 Å². The van der Waals surface area contributed by atoms with Crippen LogP contribution in [-0.4, -0.2) is 25.9 Å². The molecule has 1 amide bonds. The molecule has 0 saturated carbocycles. The molecule has 0 aliphatic heterocycles. The number of carbonyl (C=O) groups is 1. The summed E-state index contributed by atoms with van der Waals surface area (Å²) in [6.07, 6.45) is -1.03. The average molecular weight is 312 g/mol. The number of carbonyl (C=O) groups excluding carboxylic acids is 1. The second-order valence-corrected chi connectivity index (χ2v) is 5.70. The van der Waals surface area contributed by atoms with E-state index in [0.29, 0.717) is 22.7 Å². The topological polar surface area (TPSA) is 92.0 Å². The summed E-state index contributed by atoms with van der Waals surface area (Å²) in [4.78, 5) is 16.8. The van der Waals surface area contributed by atoms with E-state index in [1.807, 2.05) is 0 Å². The molecular weight excluding hydrogens is 288 g/mol. The molecule has 0 aliphatic carbocycles. The maximum absolute atomic E-state index is 12.0. The van der Waals surface area contributed by atoms with Crippen molar-refractivity contribution in [2.45, 2.75) is 39.4 Å². The average Bonchev–Trinajstić information content (AvgIpc) is 2.43. The Kier molecular flexibility index (Phi) is 6.01. The zero-order valence-electron chi connectivity index (χ0n) is 13.9. The number of hydrogen-bond donors (Lipinski definition) is 2. The first-order valence-electron chi connectivity index (χ1n) is 6.83. The van der Waals surface area contributed by atoms with E-state index in [2.05, 4.69) is 5.32 Å². The van der Waals surface area contributed by atoms with Gasteiger partial charge in [-0.15, -0.1) is 0 Å². The van der Waals surface area contributed by atoms with Crippen LogP contribution >= 0.6 is 0 Å². The first-order chi connectivity index (χ1) is 10.2. The Morgan fingerprint density at radius 1 is 1.18 bits per heavy atom. The Hall–Kier alpha value is -1.99. The van der Waals surface area contributed by atoms with Crippen LogP contribution in [0.5, 0.6) is 11.5 Å². The standard InChI is InChI=1S/C15H24N2O5/c1-9(22-16)10-7-12(19-5)13(20-6)8-11(10)17-14(18)21-15(2,3)4/h7-9H,16H2,1-6H3,(H,17,18). The maximum Gasteiger partial charge on any atom is 0.412 e. The van der Waals surface area contributed by atoms with Crippen molar-refractivity contribution in [2.75, 3.05) is 19.5 Å². The highest BCUT2D eigenvalue weighted by Gasteiger charge is 2.21. The molecule has 1 atom stereocenters. The van der Waals surface area contributed by atoms with Gasteiger partial charge in [0.15, 0.2) is 11.5 Å². The molecule has 0 radical (unpaired) electrons. The van der Waals surface area contributed by atoms with E-state index in [-0.39, 0.29) is 0 Å². The van der Waals surface area contributed by atoms with Crippen LogP contribution in [0.1, 0.15) is 39.4 Å². The molecule has 1 aromatic rings. The van der Waals surface area contributed by atoms with Crippen LogP contribution in [0.15, 0.2) is 12.1 Å². The lowest BCUT2D eigenvalue weighted by molar-refractivity contribution is 0.0624. The van der Waals surface area contributed by atoms with E-state index >= 15 is 0 Å². The molecule has 0 fully saturated rings. The van der Waals surface area contributed by atoms with E-state index in [1.54, 1.807) is 39.8 Å². The fourth-order valence-corrected chi connectivity index (χ4v) is 1.83. The number of ether oxygens (including phenoxy) is 3. The molecule has 7 heteroatoms. The lowest BCUT2D eigenvalue weighted by Gasteiger charge is -2.22. The predicted molar refractivity (Wildman–Crippen MR) is 83.1 cm³/mol. The third kappa shape index (κ3) is 4.78. The molecule has 0 bridgehead atoms. The van der Waals surface area contributed by atoms with Crippen molar-refractivity contribution in [3.63, 3.8) is 0 Å². The highest BCUT2D eigenvalue weighted by Crippen LogP contribution is 2.37. The number of rotatable bonds is 5. The van der Waals surface area contributed by atoms with Gasteiger partial charge in [0.2, 0.25) is 0 Å². The molecule has 0 spiro atoms. The summed E-state index contributed by atoms with van der Waals surface area (Å²) in [5, 5.41) is 2.68.